The lowest BCUT2D eigenvalue weighted by Gasteiger charge is -2.32. The van der Waals surface area contributed by atoms with Gasteiger partial charge in [0, 0.05) is 34.7 Å². The number of hydrogen-bond acceptors (Lipinski definition) is 5. The molecule has 1 aliphatic rings. The van der Waals surface area contributed by atoms with Gasteiger partial charge >= 0.3 is 6.18 Å². The number of benzene rings is 1. The molecule has 12 heteroatoms. The van der Waals surface area contributed by atoms with Crippen molar-refractivity contribution in [3.63, 3.8) is 0 Å². The Kier molecular flexibility index (Phi) is 7.23. The van der Waals surface area contributed by atoms with Gasteiger partial charge in [0.25, 0.3) is 5.91 Å². The second-order valence-electron chi connectivity index (χ2n) is 11.2. The number of methoxy groups -OCH3 is 1. The number of amides is 1. The van der Waals surface area contributed by atoms with Crippen LogP contribution in [0.3, 0.4) is 0 Å². The molecule has 0 spiro atoms. The highest BCUT2D eigenvalue weighted by molar-refractivity contribution is 6.04. The van der Waals surface area contributed by atoms with Crippen LogP contribution in [-0.2, 0) is 4.74 Å². The molecule has 3 aromatic rings. The zero-order chi connectivity index (χ0) is 29.9. The lowest BCUT2D eigenvalue weighted by Crippen LogP contribution is -2.46. The SMILES string of the molecule is COc1c([C@H]2[C@H](c3[nH]c4ccnc(C(=O)NC(C)(C)C)c4c(=O)c3C)O[C@@](C)(C(F)(F)F)[C@H]2C)ccc(F)c1F. The molecule has 1 saturated heterocycles. The molecule has 0 radical (unpaired) electrons. The highest BCUT2D eigenvalue weighted by Crippen LogP contribution is 2.59. The van der Waals surface area contributed by atoms with Gasteiger partial charge in [-0.25, -0.2) is 4.39 Å². The van der Waals surface area contributed by atoms with Crippen molar-refractivity contribution in [2.45, 2.75) is 70.9 Å². The lowest BCUT2D eigenvalue weighted by atomic mass is 9.76. The van der Waals surface area contributed by atoms with Crippen molar-refractivity contribution < 1.29 is 36.2 Å². The summed E-state index contributed by atoms with van der Waals surface area (Å²) in [5.41, 5.74) is -4.05. The third-order valence-electron chi connectivity index (χ3n) is 7.49. The molecule has 0 bridgehead atoms. The molecule has 1 aliphatic heterocycles. The van der Waals surface area contributed by atoms with E-state index in [0.29, 0.717) is 0 Å². The maximum absolute atomic E-state index is 14.7. The number of nitrogens with zero attached hydrogens (tertiary/aromatic N) is 1. The molecular weight excluding hydrogens is 537 g/mol. The quantitative estimate of drug-likeness (QED) is 0.386. The van der Waals surface area contributed by atoms with E-state index in [0.717, 1.165) is 26.2 Å². The third-order valence-corrected chi connectivity index (χ3v) is 7.49. The first-order valence-electron chi connectivity index (χ1n) is 12.5. The van der Waals surface area contributed by atoms with Gasteiger partial charge in [-0.2, -0.15) is 17.6 Å². The number of hydrogen-bond donors (Lipinski definition) is 2. The molecule has 7 nitrogen and oxygen atoms in total. The van der Waals surface area contributed by atoms with Crippen molar-refractivity contribution in [3.8, 4) is 5.75 Å². The minimum Gasteiger partial charge on any atom is -0.493 e. The molecule has 1 aromatic carbocycles. The molecular formula is C28H30F5N3O4. The molecule has 1 amide bonds. The van der Waals surface area contributed by atoms with Crippen molar-refractivity contribution in [2.75, 3.05) is 7.11 Å². The predicted molar refractivity (Wildman–Crippen MR) is 137 cm³/mol. The number of rotatable bonds is 4. The summed E-state index contributed by atoms with van der Waals surface area (Å²) in [4.78, 5) is 33.7. The van der Waals surface area contributed by atoms with Crippen LogP contribution in [0.5, 0.6) is 5.75 Å². The Hall–Kier alpha value is -3.54. The summed E-state index contributed by atoms with van der Waals surface area (Å²) in [7, 11) is 1.08. The fourth-order valence-corrected chi connectivity index (χ4v) is 5.26. The number of carbonyl (C=O) groups is 1. The fraction of sp³-hybridized carbons (Fsp3) is 0.464. The van der Waals surface area contributed by atoms with E-state index < -0.39 is 64.0 Å². The summed E-state index contributed by atoms with van der Waals surface area (Å²) >= 11 is 0. The normalized spacial score (nSPS) is 23.4. The van der Waals surface area contributed by atoms with Crippen LogP contribution in [0, 0.1) is 24.5 Å². The van der Waals surface area contributed by atoms with Gasteiger partial charge in [0.2, 0.25) is 5.82 Å². The van der Waals surface area contributed by atoms with Gasteiger partial charge in [-0.1, -0.05) is 13.0 Å². The first kappa shape index (κ1) is 29.4. The lowest BCUT2D eigenvalue weighted by molar-refractivity contribution is -0.275. The van der Waals surface area contributed by atoms with E-state index in [2.05, 4.69) is 15.3 Å². The van der Waals surface area contributed by atoms with Crippen LogP contribution in [0.4, 0.5) is 22.0 Å². The number of aromatic nitrogens is 2. The highest BCUT2D eigenvalue weighted by Gasteiger charge is 2.65. The molecule has 2 aromatic heterocycles. The molecule has 40 heavy (non-hydrogen) atoms. The molecule has 3 heterocycles. The van der Waals surface area contributed by atoms with Crippen molar-refractivity contribution in [1.29, 1.82) is 0 Å². The number of halogens is 5. The van der Waals surface area contributed by atoms with Gasteiger partial charge in [0.05, 0.1) is 23.7 Å². The van der Waals surface area contributed by atoms with Crippen LogP contribution in [-0.4, -0.2) is 40.3 Å². The van der Waals surface area contributed by atoms with Gasteiger partial charge in [0.1, 0.15) is 11.8 Å². The zero-order valence-corrected chi connectivity index (χ0v) is 23.0. The van der Waals surface area contributed by atoms with Crippen LogP contribution in [0.25, 0.3) is 10.9 Å². The monoisotopic (exact) mass is 567 g/mol. The summed E-state index contributed by atoms with van der Waals surface area (Å²) in [5.74, 6) is -6.27. The number of aromatic amines is 1. The van der Waals surface area contributed by atoms with Gasteiger partial charge < -0.3 is 19.8 Å². The Bertz CT molecular complexity index is 1550. The summed E-state index contributed by atoms with van der Waals surface area (Å²) in [5, 5.41) is 2.70. The molecule has 0 saturated carbocycles. The predicted octanol–water partition coefficient (Wildman–Crippen LogP) is 5.86. The smallest absolute Gasteiger partial charge is 0.417 e. The Morgan fingerprint density at radius 3 is 2.40 bits per heavy atom. The maximum atomic E-state index is 14.7. The topological polar surface area (TPSA) is 93.3 Å². The highest BCUT2D eigenvalue weighted by atomic mass is 19.4. The van der Waals surface area contributed by atoms with Crippen LogP contribution >= 0.6 is 0 Å². The molecule has 2 N–H and O–H groups in total. The number of fused-ring (bicyclic) bond motifs is 1. The first-order valence-corrected chi connectivity index (χ1v) is 12.5. The Morgan fingerprint density at radius 1 is 1.18 bits per heavy atom. The average Bonchev–Trinajstić information content (AvgIpc) is 3.12. The molecule has 4 atom stereocenters. The fourth-order valence-electron chi connectivity index (χ4n) is 5.26. The van der Waals surface area contributed by atoms with Gasteiger partial charge in [-0.3, -0.25) is 14.6 Å². The minimum atomic E-state index is -4.85. The van der Waals surface area contributed by atoms with Crippen LogP contribution < -0.4 is 15.5 Å². The number of carbonyl (C=O) groups excluding carboxylic acids is 1. The zero-order valence-electron chi connectivity index (χ0n) is 23.0. The number of nitrogens with one attached hydrogen (secondary N) is 2. The first-order chi connectivity index (χ1) is 18.4. The average molecular weight is 568 g/mol. The number of alkyl halides is 3. The number of ether oxygens (including phenoxy) is 2. The van der Waals surface area contributed by atoms with Crippen LogP contribution in [0.15, 0.2) is 29.2 Å². The van der Waals surface area contributed by atoms with Gasteiger partial charge in [-0.05, 0) is 46.8 Å². The molecule has 216 valence electrons. The Morgan fingerprint density at radius 2 is 1.82 bits per heavy atom. The van der Waals surface area contributed by atoms with Gasteiger partial charge in [-0.15, -0.1) is 0 Å². The number of H-pyrrole nitrogens is 1. The standard InChI is InChI=1S/C28H30F5N3O4/c1-12-20(35-16-10-11-34-21(18(16)22(12)37)25(38)36-26(3,4)5)24-17(13(2)27(6,40-24)28(31,32)33)14-8-9-15(29)19(30)23(14)39-7/h8-11,13,17,24H,1-7H3,(H,35,37)(H,36,38)/t13-,17-,24+,27+/m0/s1. The summed E-state index contributed by atoms with van der Waals surface area (Å²) in [6, 6.07) is 3.38. The summed E-state index contributed by atoms with van der Waals surface area (Å²) < 4.78 is 82.7. The van der Waals surface area contributed by atoms with Crippen LogP contribution in [0.1, 0.15) is 73.9 Å². The van der Waals surface area contributed by atoms with Gasteiger partial charge in [0.15, 0.2) is 22.6 Å². The number of pyridine rings is 2. The third kappa shape index (κ3) is 4.71. The summed E-state index contributed by atoms with van der Waals surface area (Å²) in [6.45, 7) is 8.84. The second-order valence-corrected chi connectivity index (χ2v) is 11.2. The van der Waals surface area contributed by atoms with E-state index in [1.165, 1.54) is 26.1 Å². The molecule has 0 aliphatic carbocycles. The van der Waals surface area contributed by atoms with E-state index >= 15 is 0 Å². The largest absolute Gasteiger partial charge is 0.493 e. The van der Waals surface area contributed by atoms with E-state index in [4.69, 9.17) is 9.47 Å². The van der Waals surface area contributed by atoms with E-state index in [-0.39, 0.29) is 33.4 Å². The summed E-state index contributed by atoms with van der Waals surface area (Å²) in [6.07, 6.45) is -5.00. The van der Waals surface area contributed by atoms with Crippen molar-refractivity contribution in [2.24, 2.45) is 5.92 Å². The molecule has 1 fully saturated rings. The van der Waals surface area contributed by atoms with E-state index in [9.17, 15) is 31.5 Å². The van der Waals surface area contributed by atoms with Crippen LogP contribution in [0.2, 0.25) is 0 Å². The van der Waals surface area contributed by atoms with Crippen molar-refractivity contribution in [1.82, 2.24) is 15.3 Å². The Balaban J connectivity index is 1.98. The molecule has 4 rings (SSSR count). The van der Waals surface area contributed by atoms with E-state index in [1.54, 1.807) is 20.8 Å². The van der Waals surface area contributed by atoms with Crippen molar-refractivity contribution >= 4 is 16.8 Å². The molecule has 0 unspecified atom stereocenters. The van der Waals surface area contributed by atoms with E-state index in [1.807, 2.05) is 0 Å². The second kappa shape index (κ2) is 9.83. The minimum absolute atomic E-state index is 0.00231. The van der Waals surface area contributed by atoms with Crippen molar-refractivity contribution in [3.05, 3.63) is 68.8 Å². The Labute approximate surface area is 227 Å². The maximum Gasteiger partial charge on any atom is 0.417 e.